The van der Waals surface area contributed by atoms with Crippen LogP contribution in [0.1, 0.15) is 64.4 Å². The Bertz CT molecular complexity index is 3210. The minimum Gasteiger partial charge on any atom is -0.339 e. The van der Waals surface area contributed by atoms with Gasteiger partial charge < -0.3 is 15.3 Å². The van der Waals surface area contributed by atoms with Gasteiger partial charge in [0.2, 0.25) is 0 Å². The van der Waals surface area contributed by atoms with E-state index in [1.165, 1.54) is 29.8 Å². The van der Waals surface area contributed by atoms with Crippen molar-refractivity contribution in [1.29, 1.82) is 0 Å². The summed E-state index contributed by atoms with van der Waals surface area (Å²) in [4.78, 5) is 18.4. The number of nitrogens with one attached hydrogen (secondary N) is 5. The molecule has 5 N–H and O–H groups in total. The van der Waals surface area contributed by atoms with Gasteiger partial charge in [-0.1, -0.05) is 56.3 Å². The third kappa shape index (κ3) is 8.01. The Morgan fingerprint density at radius 2 is 1.15 bits per heavy atom. The average molecular weight is 877 g/mol. The number of aromatic amines is 4. The lowest BCUT2D eigenvalue weighted by Gasteiger charge is -2.25. The van der Waals surface area contributed by atoms with E-state index in [1.54, 1.807) is 13.8 Å². The summed E-state index contributed by atoms with van der Waals surface area (Å²) in [6, 6.07) is 23.6. The molecule has 330 valence electrons. The van der Waals surface area contributed by atoms with Gasteiger partial charge in [-0.3, -0.25) is 15.1 Å². The zero-order valence-electron chi connectivity index (χ0n) is 36.6. The number of H-pyrrole nitrogens is 4. The Morgan fingerprint density at radius 1 is 0.615 bits per heavy atom. The van der Waals surface area contributed by atoms with E-state index in [0.717, 1.165) is 92.3 Å². The van der Waals surface area contributed by atoms with Crippen LogP contribution >= 0.6 is 0 Å². The third-order valence-corrected chi connectivity index (χ3v) is 12.7. The van der Waals surface area contributed by atoms with Gasteiger partial charge >= 0.3 is 0 Å². The van der Waals surface area contributed by atoms with Crippen LogP contribution in [-0.4, -0.2) is 58.3 Å². The van der Waals surface area contributed by atoms with Crippen LogP contribution < -0.4 is 5.32 Å². The molecule has 0 atom stereocenters. The van der Waals surface area contributed by atoms with Crippen molar-refractivity contribution in [2.75, 3.05) is 13.1 Å². The van der Waals surface area contributed by atoms with Crippen molar-refractivity contribution < 1.29 is 17.6 Å². The number of nitrogens with zero attached hydrogens (tertiary/aromatic N) is 5. The highest BCUT2D eigenvalue weighted by Crippen LogP contribution is 2.37. The van der Waals surface area contributed by atoms with Gasteiger partial charge in [-0.25, -0.2) is 27.5 Å². The fourth-order valence-corrected chi connectivity index (χ4v) is 9.24. The Hall–Kier alpha value is -6.90. The first kappa shape index (κ1) is 42.1. The molecule has 6 heterocycles. The van der Waals surface area contributed by atoms with Crippen molar-refractivity contribution in [2.45, 2.75) is 73.0 Å². The maximum absolute atomic E-state index is 15.5. The normalized spacial score (nSPS) is 13.8. The summed E-state index contributed by atoms with van der Waals surface area (Å²) in [6.07, 6.45) is 3.12. The number of hydrogen-bond acceptors (Lipinski definition) is 6. The van der Waals surface area contributed by atoms with Gasteiger partial charge in [0, 0.05) is 45.6 Å². The molecule has 11 rings (SSSR count). The number of halogens is 4. The first-order valence-electron chi connectivity index (χ1n) is 22.1. The largest absolute Gasteiger partial charge is 0.339 e. The molecular formula is C51H48F4N10. The van der Waals surface area contributed by atoms with E-state index in [4.69, 9.17) is 4.98 Å². The fourth-order valence-electron chi connectivity index (χ4n) is 9.24. The van der Waals surface area contributed by atoms with Crippen molar-refractivity contribution in [3.8, 4) is 45.3 Å². The summed E-state index contributed by atoms with van der Waals surface area (Å²) in [6.45, 7) is 11.6. The molecule has 0 saturated heterocycles. The molecule has 9 aromatic rings. The third-order valence-electron chi connectivity index (χ3n) is 12.7. The summed E-state index contributed by atoms with van der Waals surface area (Å²) in [7, 11) is 0. The van der Waals surface area contributed by atoms with Gasteiger partial charge in [0.05, 0.1) is 44.6 Å². The Balaban J connectivity index is 0.000000157. The summed E-state index contributed by atoms with van der Waals surface area (Å²) >= 11 is 0. The minimum atomic E-state index is -0.408. The van der Waals surface area contributed by atoms with E-state index in [9.17, 15) is 8.78 Å². The molecule has 2 aliphatic rings. The zero-order valence-corrected chi connectivity index (χ0v) is 36.6. The molecule has 5 aromatic carbocycles. The highest BCUT2D eigenvalue weighted by atomic mass is 19.1. The van der Waals surface area contributed by atoms with E-state index in [0.29, 0.717) is 78.2 Å². The summed E-state index contributed by atoms with van der Waals surface area (Å²) in [5, 5.41) is 18.7. The topological polar surface area (TPSA) is 130 Å². The molecule has 0 fully saturated rings. The maximum Gasteiger partial charge on any atom is 0.159 e. The van der Waals surface area contributed by atoms with Crippen molar-refractivity contribution in [3.05, 3.63) is 153 Å². The van der Waals surface area contributed by atoms with Crippen molar-refractivity contribution in [2.24, 2.45) is 0 Å². The molecule has 0 amide bonds. The Morgan fingerprint density at radius 3 is 1.69 bits per heavy atom. The monoisotopic (exact) mass is 876 g/mol. The van der Waals surface area contributed by atoms with E-state index < -0.39 is 11.6 Å². The maximum atomic E-state index is 15.5. The predicted molar refractivity (Wildman–Crippen MR) is 246 cm³/mol. The molecule has 0 spiro atoms. The lowest BCUT2D eigenvalue weighted by Crippen LogP contribution is -2.30. The van der Waals surface area contributed by atoms with Crippen LogP contribution in [0.5, 0.6) is 0 Å². The van der Waals surface area contributed by atoms with Crippen LogP contribution in [-0.2, 0) is 45.3 Å². The van der Waals surface area contributed by atoms with Crippen LogP contribution in [0, 0.1) is 37.1 Å². The Kier molecular flexibility index (Phi) is 11.2. The molecule has 0 aliphatic carbocycles. The zero-order chi connectivity index (χ0) is 44.9. The second-order valence-corrected chi connectivity index (χ2v) is 17.0. The smallest absolute Gasteiger partial charge is 0.159 e. The highest BCUT2D eigenvalue weighted by Gasteiger charge is 2.25. The number of aryl methyl sites for hydroxylation is 4. The quantitative estimate of drug-likeness (QED) is 0.0967. The van der Waals surface area contributed by atoms with E-state index in [2.05, 4.69) is 69.8 Å². The first-order chi connectivity index (χ1) is 31.5. The van der Waals surface area contributed by atoms with Crippen LogP contribution in [0.25, 0.3) is 67.1 Å². The Labute approximate surface area is 372 Å². The van der Waals surface area contributed by atoms with Crippen LogP contribution in [0.2, 0.25) is 0 Å². The lowest BCUT2D eigenvalue weighted by atomic mass is 9.95. The molecule has 4 aromatic heterocycles. The number of imidazole rings is 2. The average Bonchev–Trinajstić information content (AvgIpc) is 4.13. The molecule has 10 nitrogen and oxygen atoms in total. The number of benzene rings is 5. The number of rotatable bonds is 8. The van der Waals surface area contributed by atoms with Gasteiger partial charge in [-0.2, -0.15) is 10.2 Å². The summed E-state index contributed by atoms with van der Waals surface area (Å²) in [5.41, 5.74) is 13.2. The number of hydrogen-bond donors (Lipinski definition) is 5. The van der Waals surface area contributed by atoms with E-state index >= 15 is 8.78 Å². The lowest BCUT2D eigenvalue weighted by molar-refractivity contribution is 0.241. The molecular weight excluding hydrogens is 829 g/mol. The molecule has 0 bridgehead atoms. The standard InChI is InChI=1S/C29H27F2N5.C22H21F2N5/c1-3-19-11-17(2)22(30)14-21(19)20-12-23(31)27-25(13-20)34-35-28(27)29-32-24-9-10-36(16-26(24)33-29)15-18-7-5-4-6-8-18;1-3-12-6-11(2)15(23)9-14(12)13-7-16(24)20-18(8-13)28-29-21(20)22-26-17-4-5-25-10-19(17)27-22/h4-8,11-14H,3,9-10,15-16H2,1-2H3,(H,32,33)(H,34,35);6-9,25H,3-5,10H2,1-2H3,(H,26,27)(H,28,29). The second kappa shape index (κ2) is 17.2. The highest BCUT2D eigenvalue weighted by molar-refractivity contribution is 5.96. The minimum absolute atomic E-state index is 0.294. The van der Waals surface area contributed by atoms with Gasteiger partial charge in [-0.05, 0) is 113 Å². The van der Waals surface area contributed by atoms with Crippen molar-refractivity contribution in [3.63, 3.8) is 0 Å². The van der Waals surface area contributed by atoms with Gasteiger partial charge in [0.25, 0.3) is 0 Å². The van der Waals surface area contributed by atoms with Gasteiger partial charge in [0.15, 0.2) is 11.6 Å². The van der Waals surface area contributed by atoms with Gasteiger partial charge in [0.1, 0.15) is 34.7 Å². The predicted octanol–water partition coefficient (Wildman–Crippen LogP) is 10.7. The molecule has 65 heavy (non-hydrogen) atoms. The molecule has 0 saturated carbocycles. The first-order valence-corrected chi connectivity index (χ1v) is 22.1. The summed E-state index contributed by atoms with van der Waals surface area (Å²) < 4.78 is 59.3. The SMILES string of the molecule is CCc1cc(C)c(F)cc1-c1cc(F)c2c(-c3nc4c([nH]3)CN(Cc3ccccc3)CC4)n[nH]c2c1.CCc1cc(C)c(F)cc1-c1cc(F)c2c(-c3nc4c([nH]3)CNCC4)n[nH]c2c1. The molecule has 2 aliphatic heterocycles. The fraction of sp³-hybridized carbons (Fsp3) is 0.255. The van der Waals surface area contributed by atoms with E-state index in [-0.39, 0.29) is 11.6 Å². The van der Waals surface area contributed by atoms with Crippen LogP contribution in [0.3, 0.4) is 0 Å². The molecule has 14 heteroatoms. The van der Waals surface area contributed by atoms with E-state index in [1.807, 2.05) is 44.2 Å². The van der Waals surface area contributed by atoms with Gasteiger partial charge in [-0.15, -0.1) is 0 Å². The number of fused-ring (bicyclic) bond motifs is 4. The summed E-state index contributed by atoms with van der Waals surface area (Å²) in [5.74, 6) is -0.276. The van der Waals surface area contributed by atoms with Crippen molar-refractivity contribution in [1.82, 2.24) is 50.5 Å². The van der Waals surface area contributed by atoms with Crippen LogP contribution in [0.15, 0.2) is 78.9 Å². The van der Waals surface area contributed by atoms with Crippen LogP contribution in [0.4, 0.5) is 17.6 Å². The second-order valence-electron chi connectivity index (χ2n) is 17.0. The number of aromatic nitrogens is 8. The molecule has 0 radical (unpaired) electrons. The van der Waals surface area contributed by atoms with Crippen molar-refractivity contribution >= 4 is 21.8 Å². The molecule has 0 unspecified atom stereocenters.